The van der Waals surface area contributed by atoms with E-state index in [0.717, 1.165) is 19.3 Å². The first-order valence-electron chi connectivity index (χ1n) is 6.41. The van der Waals surface area contributed by atoms with Gasteiger partial charge in [0.25, 0.3) is 11.8 Å². The zero-order valence-corrected chi connectivity index (χ0v) is 11.1. The smallest absolute Gasteiger partial charge is 0.294 e. The van der Waals surface area contributed by atoms with E-state index >= 15 is 0 Å². The van der Waals surface area contributed by atoms with Crippen molar-refractivity contribution in [2.75, 3.05) is 13.7 Å². The molecule has 2 amide bonds. The largest absolute Gasteiger partial charge is 0.365 e. The van der Waals surface area contributed by atoms with Gasteiger partial charge in [-0.05, 0) is 19.3 Å². The molecular weight excluding hydrogens is 262 g/mol. The van der Waals surface area contributed by atoms with Crippen LogP contribution in [0.5, 0.6) is 0 Å². The number of pyridine rings is 1. The quantitative estimate of drug-likeness (QED) is 0.813. The number of nitrogens with two attached hydrogens (primary N) is 1. The Morgan fingerprint density at radius 1 is 1.40 bits per heavy atom. The van der Waals surface area contributed by atoms with E-state index in [2.05, 4.69) is 0 Å². The van der Waals surface area contributed by atoms with E-state index < -0.39 is 11.3 Å². The molecule has 7 nitrogen and oxygen atoms in total. The Bertz CT molecular complexity index is 660. The molecule has 0 bridgehead atoms. The molecule has 1 aliphatic carbocycles. The number of aromatic nitrogens is 1. The molecule has 1 spiro atoms. The summed E-state index contributed by atoms with van der Waals surface area (Å²) in [6, 6.07) is 1.17. The number of rotatable bonds is 2. The molecule has 7 heteroatoms. The number of fused-ring (bicyclic) bond motifs is 2. The summed E-state index contributed by atoms with van der Waals surface area (Å²) >= 11 is 0. The predicted octanol–water partition coefficient (Wildman–Crippen LogP) is -0.156. The third-order valence-corrected chi connectivity index (χ3v) is 4.22. The molecule has 1 aromatic heterocycles. The lowest BCUT2D eigenvalue weighted by atomic mass is 9.74. The summed E-state index contributed by atoms with van der Waals surface area (Å²) in [5, 5.41) is 1.26. The summed E-state index contributed by atoms with van der Waals surface area (Å²) in [6.07, 6.45) is 4.19. The highest BCUT2D eigenvalue weighted by atomic mass is 16.7. The van der Waals surface area contributed by atoms with Crippen LogP contribution in [0.3, 0.4) is 0 Å². The molecule has 0 radical (unpaired) electrons. The topological polar surface area (TPSA) is 94.6 Å². The van der Waals surface area contributed by atoms with Gasteiger partial charge in [0.05, 0.1) is 19.2 Å². The lowest BCUT2D eigenvalue weighted by Crippen LogP contribution is -2.57. The second kappa shape index (κ2) is 4.17. The van der Waals surface area contributed by atoms with Crippen molar-refractivity contribution in [2.24, 2.45) is 5.73 Å². The number of nitrogens with zero attached hydrogens (tertiary/aromatic N) is 2. The van der Waals surface area contributed by atoms with Gasteiger partial charge >= 0.3 is 0 Å². The molecular formula is C13H15N3O4. The lowest BCUT2D eigenvalue weighted by Gasteiger charge is -2.50. The lowest BCUT2D eigenvalue weighted by molar-refractivity contribution is -0.133. The van der Waals surface area contributed by atoms with Gasteiger partial charge < -0.3 is 10.3 Å². The van der Waals surface area contributed by atoms with E-state index in [-0.39, 0.29) is 22.7 Å². The van der Waals surface area contributed by atoms with E-state index in [0.29, 0.717) is 6.54 Å². The number of hydrogen-bond donors (Lipinski definition) is 1. The van der Waals surface area contributed by atoms with Crippen molar-refractivity contribution in [3.8, 4) is 0 Å². The van der Waals surface area contributed by atoms with Gasteiger partial charge in [-0.1, -0.05) is 0 Å². The highest BCUT2D eigenvalue weighted by molar-refractivity contribution is 5.96. The second-order valence-corrected chi connectivity index (χ2v) is 5.27. The van der Waals surface area contributed by atoms with Crippen LogP contribution in [-0.4, -0.2) is 35.1 Å². The summed E-state index contributed by atoms with van der Waals surface area (Å²) in [6.45, 7) is 0.413. The Hall–Kier alpha value is -2.15. The minimum Gasteiger partial charge on any atom is -0.365 e. The summed E-state index contributed by atoms with van der Waals surface area (Å²) < 4.78 is 1.73. The van der Waals surface area contributed by atoms with E-state index in [1.54, 1.807) is 4.57 Å². The molecule has 3 rings (SSSR count). The van der Waals surface area contributed by atoms with E-state index in [9.17, 15) is 14.4 Å². The Labute approximate surface area is 114 Å². The average Bonchev–Trinajstić information content (AvgIpc) is 2.37. The third-order valence-electron chi connectivity index (χ3n) is 4.22. The van der Waals surface area contributed by atoms with Gasteiger partial charge in [0.1, 0.15) is 11.3 Å². The minimum atomic E-state index is -0.776. The van der Waals surface area contributed by atoms with Crippen LogP contribution in [-0.2, 0) is 10.4 Å². The predicted molar refractivity (Wildman–Crippen MR) is 69.1 cm³/mol. The summed E-state index contributed by atoms with van der Waals surface area (Å²) in [5.41, 5.74) is 4.54. The van der Waals surface area contributed by atoms with Crippen LogP contribution in [0.4, 0.5) is 0 Å². The second-order valence-electron chi connectivity index (χ2n) is 5.27. The fraction of sp³-hybridized carbons (Fsp3) is 0.462. The van der Waals surface area contributed by atoms with Crippen LogP contribution in [0.15, 0.2) is 17.1 Å². The number of hydrogen-bond acceptors (Lipinski definition) is 4. The average molecular weight is 277 g/mol. The van der Waals surface area contributed by atoms with Crippen molar-refractivity contribution in [3.05, 3.63) is 33.7 Å². The Morgan fingerprint density at radius 3 is 2.60 bits per heavy atom. The molecule has 1 fully saturated rings. The van der Waals surface area contributed by atoms with Gasteiger partial charge in [-0.25, -0.2) is 5.06 Å². The van der Waals surface area contributed by atoms with Gasteiger partial charge in [-0.2, -0.15) is 0 Å². The molecule has 0 unspecified atom stereocenters. The molecule has 0 aromatic carbocycles. The van der Waals surface area contributed by atoms with Crippen molar-refractivity contribution in [1.82, 2.24) is 9.63 Å². The maximum atomic E-state index is 12.2. The third kappa shape index (κ3) is 1.59. The first kappa shape index (κ1) is 12.9. The number of carbonyl (C=O) groups is 2. The number of hydroxylamine groups is 2. The number of primary amides is 1. The van der Waals surface area contributed by atoms with Crippen molar-refractivity contribution in [3.63, 3.8) is 0 Å². The van der Waals surface area contributed by atoms with Gasteiger partial charge in [-0.15, -0.1) is 0 Å². The first-order chi connectivity index (χ1) is 9.48. The van der Waals surface area contributed by atoms with Crippen molar-refractivity contribution in [2.45, 2.75) is 24.8 Å². The van der Waals surface area contributed by atoms with Crippen LogP contribution in [0, 0.1) is 0 Å². The minimum absolute atomic E-state index is 0.0845. The maximum Gasteiger partial charge on any atom is 0.294 e. The molecule has 106 valence electrons. The maximum absolute atomic E-state index is 12.2. The molecule has 2 N–H and O–H groups in total. The molecule has 2 aliphatic rings. The zero-order chi connectivity index (χ0) is 14.5. The first-order valence-corrected chi connectivity index (χ1v) is 6.41. The standard InChI is InChI=1S/C13H15N3O4/c1-20-16-7-13(3-2-4-13)15-6-8(11(14)18)10(17)5-9(15)12(16)19/h5-6H,2-4,7H2,1H3,(H2,14,18). The zero-order valence-electron chi connectivity index (χ0n) is 11.1. The number of carbonyl (C=O) groups excluding carboxylic acids is 2. The Morgan fingerprint density at radius 2 is 2.10 bits per heavy atom. The molecule has 1 aliphatic heterocycles. The SMILES string of the molecule is CON1CC2(CCC2)n2cc(C(N)=O)c(=O)cc2C1=O. The van der Waals surface area contributed by atoms with E-state index in [4.69, 9.17) is 10.6 Å². The van der Waals surface area contributed by atoms with Gasteiger partial charge in [-0.3, -0.25) is 19.2 Å². The summed E-state index contributed by atoms with van der Waals surface area (Å²) in [5.74, 6) is -1.15. The molecule has 20 heavy (non-hydrogen) atoms. The Balaban J connectivity index is 2.23. The van der Waals surface area contributed by atoms with Gasteiger partial charge in [0.2, 0.25) is 0 Å². The highest BCUT2D eigenvalue weighted by Gasteiger charge is 2.47. The molecule has 0 saturated heterocycles. The molecule has 1 aromatic rings. The van der Waals surface area contributed by atoms with Crippen LogP contribution >= 0.6 is 0 Å². The molecule has 1 saturated carbocycles. The normalized spacial score (nSPS) is 19.6. The van der Waals surface area contributed by atoms with E-state index in [1.165, 1.54) is 24.4 Å². The molecule has 2 heterocycles. The monoisotopic (exact) mass is 277 g/mol. The van der Waals surface area contributed by atoms with Crippen LogP contribution in [0.1, 0.15) is 40.1 Å². The van der Waals surface area contributed by atoms with Gasteiger partial charge in [0, 0.05) is 12.3 Å². The van der Waals surface area contributed by atoms with Gasteiger partial charge in [0.15, 0.2) is 5.43 Å². The van der Waals surface area contributed by atoms with Crippen molar-refractivity contribution < 1.29 is 14.4 Å². The fourth-order valence-electron chi connectivity index (χ4n) is 2.95. The van der Waals surface area contributed by atoms with Crippen LogP contribution < -0.4 is 11.2 Å². The van der Waals surface area contributed by atoms with Crippen LogP contribution in [0.25, 0.3) is 0 Å². The van der Waals surface area contributed by atoms with Crippen molar-refractivity contribution >= 4 is 11.8 Å². The highest BCUT2D eigenvalue weighted by Crippen LogP contribution is 2.43. The van der Waals surface area contributed by atoms with E-state index in [1.807, 2.05) is 0 Å². The number of amides is 2. The summed E-state index contributed by atoms with van der Waals surface area (Å²) in [4.78, 5) is 40.5. The molecule has 0 atom stereocenters. The Kier molecular flexibility index (Phi) is 2.68. The van der Waals surface area contributed by atoms with Crippen molar-refractivity contribution in [1.29, 1.82) is 0 Å². The van der Waals surface area contributed by atoms with Crippen LogP contribution in [0.2, 0.25) is 0 Å². The summed E-state index contributed by atoms with van der Waals surface area (Å²) in [7, 11) is 1.43. The fourth-order valence-corrected chi connectivity index (χ4v) is 2.95.